The maximum atomic E-state index is 4.39. The standard InChI is InChI=1S/C11H15AsN2.2ClH/c12-6-5-9-1-3-10(4-2-9)11-13-7-8-14-11;;/h1-4H,5-8,12H2,(H,13,14);2*1H. The van der Waals surface area contributed by atoms with Crippen LogP contribution in [0.2, 0.25) is 5.21 Å². The van der Waals surface area contributed by atoms with Crippen molar-refractivity contribution in [1.82, 2.24) is 5.32 Å². The van der Waals surface area contributed by atoms with Gasteiger partial charge in [0.25, 0.3) is 0 Å². The van der Waals surface area contributed by atoms with Crippen LogP contribution in [0.3, 0.4) is 0 Å². The molecule has 1 aromatic carbocycles. The average Bonchev–Trinajstić information content (AvgIpc) is 2.72. The number of benzene rings is 1. The van der Waals surface area contributed by atoms with Crippen LogP contribution in [0.25, 0.3) is 0 Å². The molecule has 0 radical (unpaired) electrons. The molecule has 2 nitrogen and oxygen atoms in total. The first-order chi connectivity index (χ1) is 6.90. The van der Waals surface area contributed by atoms with Gasteiger partial charge in [0.05, 0.1) is 0 Å². The number of rotatable bonds is 3. The van der Waals surface area contributed by atoms with Crippen LogP contribution < -0.4 is 5.32 Å². The van der Waals surface area contributed by atoms with Gasteiger partial charge in [0.2, 0.25) is 0 Å². The minimum atomic E-state index is 0. The topological polar surface area (TPSA) is 24.4 Å². The molecule has 1 aromatic rings. The number of amidine groups is 1. The molecule has 1 unspecified atom stereocenters. The van der Waals surface area contributed by atoms with Crippen LogP contribution in [0.15, 0.2) is 29.3 Å². The number of aryl methyl sites for hydroxylation is 1. The minimum absolute atomic E-state index is 0. The second-order valence-corrected chi connectivity index (χ2v) is 4.60. The van der Waals surface area contributed by atoms with Crippen LogP contribution >= 0.6 is 24.8 Å². The predicted octanol–water partition coefficient (Wildman–Crippen LogP) is 1.47. The Bertz CT molecular complexity index is 338. The zero-order valence-corrected chi connectivity index (χ0v) is 13.0. The maximum absolute atomic E-state index is 4.39. The first-order valence-corrected chi connectivity index (χ1v) is 6.69. The van der Waals surface area contributed by atoms with E-state index in [1.807, 2.05) is 0 Å². The number of nitrogens with zero attached hydrogens (tertiary/aromatic N) is 1. The van der Waals surface area contributed by atoms with Gasteiger partial charge in [-0.05, 0) is 0 Å². The molecule has 5 heteroatoms. The van der Waals surface area contributed by atoms with E-state index in [4.69, 9.17) is 0 Å². The van der Waals surface area contributed by atoms with Gasteiger partial charge >= 0.3 is 93.1 Å². The molecule has 2 rings (SSSR count). The molecule has 1 heterocycles. The van der Waals surface area contributed by atoms with Gasteiger partial charge in [-0.15, -0.1) is 24.8 Å². The molecular weight excluding hydrogens is 306 g/mol. The number of hydrogen-bond acceptors (Lipinski definition) is 2. The molecule has 0 aliphatic carbocycles. The van der Waals surface area contributed by atoms with Crippen molar-refractivity contribution in [3.63, 3.8) is 0 Å². The van der Waals surface area contributed by atoms with E-state index in [1.165, 1.54) is 22.8 Å². The van der Waals surface area contributed by atoms with Gasteiger partial charge in [-0.2, -0.15) is 0 Å². The van der Waals surface area contributed by atoms with E-state index in [0.29, 0.717) is 0 Å². The van der Waals surface area contributed by atoms with E-state index in [-0.39, 0.29) is 24.8 Å². The van der Waals surface area contributed by atoms with Crippen LogP contribution in [0.4, 0.5) is 0 Å². The number of hydrogen-bond donors (Lipinski definition) is 1. The predicted molar refractivity (Wildman–Crippen MR) is 77.4 cm³/mol. The van der Waals surface area contributed by atoms with E-state index in [2.05, 4.69) is 34.6 Å². The Morgan fingerprint density at radius 3 is 2.38 bits per heavy atom. The van der Waals surface area contributed by atoms with Crippen molar-refractivity contribution < 1.29 is 0 Å². The molecule has 0 saturated heterocycles. The summed E-state index contributed by atoms with van der Waals surface area (Å²) in [6.07, 6.45) is 1.19. The van der Waals surface area contributed by atoms with Crippen molar-refractivity contribution in [3.05, 3.63) is 35.4 Å². The Hall–Kier alpha value is -0.172. The Morgan fingerprint density at radius 1 is 1.19 bits per heavy atom. The monoisotopic (exact) mass is 322 g/mol. The van der Waals surface area contributed by atoms with E-state index < -0.39 is 0 Å². The summed E-state index contributed by atoms with van der Waals surface area (Å²) in [4.78, 5) is 4.39. The SMILES string of the molecule is Cl.Cl.[AsH2]CCc1ccc(C2=NCCN2)cc1. The molecule has 1 aliphatic heterocycles. The second-order valence-electron chi connectivity index (χ2n) is 3.39. The fraction of sp³-hybridized carbons (Fsp3) is 0.364. The molecule has 0 fully saturated rings. The number of halogens is 2. The van der Waals surface area contributed by atoms with Gasteiger partial charge in [-0.1, -0.05) is 0 Å². The zero-order valence-electron chi connectivity index (χ0n) is 8.98. The molecule has 16 heavy (non-hydrogen) atoms. The summed E-state index contributed by atoms with van der Waals surface area (Å²) in [6.45, 7) is 1.89. The van der Waals surface area contributed by atoms with Crippen molar-refractivity contribution in [3.8, 4) is 0 Å². The Morgan fingerprint density at radius 2 is 1.88 bits per heavy atom. The van der Waals surface area contributed by atoms with Crippen molar-refractivity contribution in [2.45, 2.75) is 11.6 Å². The van der Waals surface area contributed by atoms with Crippen molar-refractivity contribution in [1.29, 1.82) is 0 Å². The molecule has 90 valence electrons. The number of aliphatic imine (C=N–C) groups is 1. The first kappa shape index (κ1) is 15.8. The van der Waals surface area contributed by atoms with Crippen molar-refractivity contribution in [2.75, 3.05) is 13.1 Å². The summed E-state index contributed by atoms with van der Waals surface area (Å²) in [5, 5.41) is 4.55. The van der Waals surface area contributed by atoms with E-state index in [0.717, 1.165) is 18.9 Å². The van der Waals surface area contributed by atoms with Crippen molar-refractivity contribution in [2.24, 2.45) is 4.99 Å². The van der Waals surface area contributed by atoms with Gasteiger partial charge < -0.3 is 0 Å². The van der Waals surface area contributed by atoms with Crippen molar-refractivity contribution >= 4 is 47.5 Å². The Labute approximate surface area is 118 Å². The summed E-state index contributed by atoms with van der Waals surface area (Å²) < 4.78 is 0. The first-order valence-electron chi connectivity index (χ1n) is 4.98. The van der Waals surface area contributed by atoms with Crippen LogP contribution in [0.1, 0.15) is 11.1 Å². The van der Waals surface area contributed by atoms with Gasteiger partial charge in [-0.25, -0.2) is 0 Å². The molecule has 0 aromatic heterocycles. The van der Waals surface area contributed by atoms with Crippen LogP contribution in [-0.2, 0) is 6.42 Å². The molecule has 0 saturated carbocycles. The third-order valence-corrected chi connectivity index (χ3v) is 2.94. The van der Waals surface area contributed by atoms with Crippen LogP contribution in [0, 0.1) is 0 Å². The fourth-order valence-corrected chi connectivity index (χ4v) is 2.29. The molecule has 1 atom stereocenters. The molecule has 0 amide bonds. The molecular formula is C11H17AsCl2N2. The van der Waals surface area contributed by atoms with Gasteiger partial charge in [-0.3, -0.25) is 0 Å². The molecule has 0 bridgehead atoms. The summed E-state index contributed by atoms with van der Waals surface area (Å²) >= 11 is 1.79. The Kier molecular flexibility index (Phi) is 7.91. The molecule has 0 spiro atoms. The van der Waals surface area contributed by atoms with Gasteiger partial charge in [0, 0.05) is 0 Å². The van der Waals surface area contributed by atoms with E-state index in [1.54, 1.807) is 16.9 Å². The normalized spacial score (nSPS) is 13.2. The van der Waals surface area contributed by atoms with Gasteiger partial charge in [0.1, 0.15) is 0 Å². The van der Waals surface area contributed by atoms with Crippen LogP contribution in [0.5, 0.6) is 0 Å². The van der Waals surface area contributed by atoms with E-state index >= 15 is 0 Å². The number of nitrogens with one attached hydrogen (secondary N) is 1. The third-order valence-electron chi connectivity index (χ3n) is 2.33. The second kappa shape index (κ2) is 8.00. The molecule has 1 aliphatic rings. The summed E-state index contributed by atoms with van der Waals surface area (Å²) in [5.74, 6) is 1.05. The summed E-state index contributed by atoms with van der Waals surface area (Å²) in [6, 6.07) is 8.74. The van der Waals surface area contributed by atoms with E-state index in [9.17, 15) is 0 Å². The fourth-order valence-electron chi connectivity index (χ4n) is 1.59. The third kappa shape index (κ3) is 4.01. The summed E-state index contributed by atoms with van der Waals surface area (Å²) in [7, 11) is 0. The zero-order chi connectivity index (χ0) is 9.80. The van der Waals surface area contributed by atoms with Crippen LogP contribution in [-0.4, -0.2) is 35.8 Å². The average molecular weight is 323 g/mol. The Balaban J connectivity index is 0.00000112. The van der Waals surface area contributed by atoms with Gasteiger partial charge in [0.15, 0.2) is 0 Å². The quantitative estimate of drug-likeness (QED) is 0.837. The molecule has 1 N–H and O–H groups in total. The summed E-state index contributed by atoms with van der Waals surface area (Å²) in [5.41, 5.74) is 2.64.